The van der Waals surface area contributed by atoms with Gasteiger partial charge in [0.1, 0.15) is 25.6 Å². The van der Waals surface area contributed by atoms with Gasteiger partial charge in [-0.25, -0.2) is 0 Å². The van der Waals surface area contributed by atoms with E-state index in [9.17, 15) is 25.3 Å². The van der Waals surface area contributed by atoms with Crippen molar-refractivity contribution in [2.45, 2.75) is 11.8 Å². The summed E-state index contributed by atoms with van der Waals surface area (Å²) in [6, 6.07) is 3.88. The minimum absolute atomic E-state index is 0.184. The molecular formula is C12H14N2O8. The third kappa shape index (κ3) is 2.84. The first-order valence-electron chi connectivity index (χ1n) is 6.24. The van der Waals surface area contributed by atoms with E-state index in [-0.39, 0.29) is 24.5 Å². The van der Waals surface area contributed by atoms with Crippen LogP contribution in [0.3, 0.4) is 0 Å². The SMILES string of the molecule is COc1ccc([N+](=O)[O-])cc1C1OCC(CO)([N+](=O)[O-])CO1. The summed E-state index contributed by atoms with van der Waals surface area (Å²) < 4.78 is 15.7. The molecule has 2 rings (SSSR count). The second-order valence-electron chi connectivity index (χ2n) is 4.78. The lowest BCUT2D eigenvalue weighted by Crippen LogP contribution is -2.54. The molecule has 1 aromatic rings. The predicted molar refractivity (Wildman–Crippen MR) is 71.1 cm³/mol. The van der Waals surface area contributed by atoms with Gasteiger partial charge in [-0.1, -0.05) is 0 Å². The van der Waals surface area contributed by atoms with Crippen LogP contribution >= 0.6 is 0 Å². The van der Waals surface area contributed by atoms with E-state index < -0.39 is 28.3 Å². The van der Waals surface area contributed by atoms with E-state index in [4.69, 9.17) is 14.2 Å². The fraction of sp³-hybridized carbons (Fsp3) is 0.500. The van der Waals surface area contributed by atoms with Crippen molar-refractivity contribution in [1.29, 1.82) is 0 Å². The number of aliphatic hydroxyl groups is 1. The molecule has 120 valence electrons. The van der Waals surface area contributed by atoms with Crippen molar-refractivity contribution >= 4 is 5.69 Å². The first-order valence-corrected chi connectivity index (χ1v) is 6.24. The number of methoxy groups -OCH3 is 1. The van der Waals surface area contributed by atoms with Crippen molar-refractivity contribution in [3.63, 3.8) is 0 Å². The van der Waals surface area contributed by atoms with Gasteiger partial charge in [-0.15, -0.1) is 0 Å². The highest BCUT2D eigenvalue weighted by atomic mass is 16.7. The second-order valence-corrected chi connectivity index (χ2v) is 4.78. The van der Waals surface area contributed by atoms with Crippen LogP contribution in [0, 0.1) is 20.2 Å². The molecule has 0 aliphatic carbocycles. The maximum absolute atomic E-state index is 11.0. The van der Waals surface area contributed by atoms with Gasteiger partial charge in [0.2, 0.25) is 0 Å². The number of ether oxygens (including phenoxy) is 3. The highest BCUT2D eigenvalue weighted by Gasteiger charge is 2.48. The Kier molecular flexibility index (Phi) is 4.54. The Morgan fingerprint density at radius 3 is 2.45 bits per heavy atom. The van der Waals surface area contributed by atoms with Crippen LogP contribution in [-0.2, 0) is 9.47 Å². The van der Waals surface area contributed by atoms with Gasteiger partial charge in [-0.3, -0.25) is 20.2 Å². The summed E-state index contributed by atoms with van der Waals surface area (Å²) in [5, 5.41) is 31.0. The molecular weight excluding hydrogens is 300 g/mol. The van der Waals surface area contributed by atoms with E-state index >= 15 is 0 Å². The summed E-state index contributed by atoms with van der Waals surface area (Å²) >= 11 is 0. The number of hydrogen-bond donors (Lipinski definition) is 1. The molecule has 1 N–H and O–H groups in total. The topological polar surface area (TPSA) is 134 Å². The van der Waals surface area contributed by atoms with Crippen molar-refractivity contribution < 1.29 is 29.2 Å². The Morgan fingerprint density at radius 1 is 1.36 bits per heavy atom. The number of aliphatic hydroxyl groups excluding tert-OH is 1. The minimum atomic E-state index is -1.73. The third-order valence-corrected chi connectivity index (χ3v) is 3.37. The predicted octanol–water partition coefficient (Wildman–Crippen LogP) is 0.657. The first-order chi connectivity index (χ1) is 10.4. The number of rotatable bonds is 5. The summed E-state index contributed by atoms with van der Waals surface area (Å²) in [6.45, 7) is -1.50. The second kappa shape index (κ2) is 6.22. The van der Waals surface area contributed by atoms with E-state index in [1.807, 2.05) is 0 Å². The molecule has 1 heterocycles. The molecule has 22 heavy (non-hydrogen) atoms. The molecule has 1 fully saturated rings. The molecule has 10 nitrogen and oxygen atoms in total. The lowest BCUT2D eigenvalue weighted by Gasteiger charge is -2.32. The molecule has 10 heteroatoms. The van der Waals surface area contributed by atoms with Gasteiger partial charge >= 0.3 is 0 Å². The van der Waals surface area contributed by atoms with Crippen LogP contribution in [0.1, 0.15) is 11.9 Å². The van der Waals surface area contributed by atoms with Gasteiger partial charge in [0.05, 0.1) is 17.6 Å². The molecule has 0 unspecified atom stereocenters. The number of nitro groups is 2. The van der Waals surface area contributed by atoms with Crippen LogP contribution in [0.5, 0.6) is 5.75 Å². The maximum Gasteiger partial charge on any atom is 0.290 e. The largest absolute Gasteiger partial charge is 0.496 e. The van der Waals surface area contributed by atoms with Gasteiger partial charge in [0.15, 0.2) is 6.29 Å². The van der Waals surface area contributed by atoms with Gasteiger partial charge in [-0.05, 0) is 6.07 Å². The first kappa shape index (κ1) is 16.1. The van der Waals surface area contributed by atoms with Crippen molar-refractivity contribution in [2.75, 3.05) is 26.9 Å². The minimum Gasteiger partial charge on any atom is -0.496 e. The van der Waals surface area contributed by atoms with E-state index in [1.54, 1.807) is 0 Å². The van der Waals surface area contributed by atoms with E-state index in [2.05, 4.69) is 0 Å². The lowest BCUT2D eigenvalue weighted by atomic mass is 10.0. The molecule has 0 atom stereocenters. The zero-order valence-electron chi connectivity index (χ0n) is 11.6. The third-order valence-electron chi connectivity index (χ3n) is 3.37. The van der Waals surface area contributed by atoms with Crippen molar-refractivity contribution in [2.24, 2.45) is 0 Å². The fourth-order valence-corrected chi connectivity index (χ4v) is 2.00. The highest BCUT2D eigenvalue weighted by Crippen LogP contribution is 2.35. The molecule has 0 radical (unpaired) electrons. The number of non-ortho nitro benzene ring substituents is 1. The van der Waals surface area contributed by atoms with Crippen molar-refractivity contribution in [3.8, 4) is 5.75 Å². The summed E-state index contributed by atoms with van der Waals surface area (Å²) in [7, 11) is 1.38. The number of nitro benzene ring substituents is 1. The normalized spacial score (nSPS) is 24.7. The maximum atomic E-state index is 11.0. The van der Waals surface area contributed by atoms with Crippen LogP contribution in [0.15, 0.2) is 18.2 Å². The Labute approximate surface area is 124 Å². The Bertz CT molecular complexity index is 582. The van der Waals surface area contributed by atoms with Crippen LogP contribution in [-0.4, -0.2) is 47.4 Å². The van der Waals surface area contributed by atoms with Crippen molar-refractivity contribution in [3.05, 3.63) is 44.0 Å². The van der Waals surface area contributed by atoms with Gasteiger partial charge in [0.25, 0.3) is 11.2 Å². The number of hydrogen-bond acceptors (Lipinski definition) is 8. The van der Waals surface area contributed by atoms with E-state index in [1.165, 1.54) is 25.3 Å². The molecule has 1 aliphatic heterocycles. The van der Waals surface area contributed by atoms with Gasteiger partial charge < -0.3 is 19.3 Å². The average Bonchev–Trinajstić information content (AvgIpc) is 2.54. The summed E-state index contributed by atoms with van der Waals surface area (Å²) in [5.74, 6) is 0.299. The zero-order valence-corrected chi connectivity index (χ0v) is 11.6. The zero-order chi connectivity index (χ0) is 16.3. The van der Waals surface area contributed by atoms with Crippen LogP contribution < -0.4 is 4.74 Å². The van der Waals surface area contributed by atoms with E-state index in [0.717, 1.165) is 0 Å². The Hall–Kier alpha value is -2.30. The van der Waals surface area contributed by atoms with Gasteiger partial charge in [-0.2, -0.15) is 0 Å². The fourth-order valence-electron chi connectivity index (χ4n) is 2.00. The molecule has 0 saturated carbocycles. The standard InChI is InChI=1S/C12H14N2O8/c1-20-10-3-2-8(13(16)17)4-9(10)11-21-6-12(5-15,7-22-11)14(18)19/h2-4,11,15H,5-7H2,1H3. The Balaban J connectivity index is 2.25. The molecule has 0 spiro atoms. The average molecular weight is 314 g/mol. The summed E-state index contributed by atoms with van der Waals surface area (Å²) in [5.41, 5.74) is -1.66. The molecule has 0 aromatic heterocycles. The highest BCUT2D eigenvalue weighted by molar-refractivity contribution is 5.44. The van der Waals surface area contributed by atoms with E-state index in [0.29, 0.717) is 5.75 Å². The van der Waals surface area contributed by atoms with Crippen LogP contribution in [0.2, 0.25) is 0 Å². The molecule has 0 amide bonds. The molecule has 1 aliphatic rings. The summed E-state index contributed by atoms with van der Waals surface area (Å²) in [4.78, 5) is 20.6. The lowest BCUT2D eigenvalue weighted by molar-refractivity contribution is -0.595. The monoisotopic (exact) mass is 314 g/mol. The molecule has 1 aromatic carbocycles. The van der Waals surface area contributed by atoms with Crippen LogP contribution in [0.25, 0.3) is 0 Å². The molecule has 1 saturated heterocycles. The van der Waals surface area contributed by atoms with Crippen molar-refractivity contribution in [1.82, 2.24) is 0 Å². The number of nitrogens with zero attached hydrogens (tertiary/aromatic N) is 2. The Morgan fingerprint density at radius 2 is 2.00 bits per heavy atom. The smallest absolute Gasteiger partial charge is 0.290 e. The quantitative estimate of drug-likeness (QED) is 0.618. The van der Waals surface area contributed by atoms with Gasteiger partial charge in [0, 0.05) is 17.1 Å². The number of benzene rings is 1. The summed E-state index contributed by atoms with van der Waals surface area (Å²) in [6.07, 6.45) is -1.05. The van der Waals surface area contributed by atoms with Crippen LogP contribution in [0.4, 0.5) is 5.69 Å². The molecule has 0 bridgehead atoms.